The summed E-state index contributed by atoms with van der Waals surface area (Å²) in [4.78, 5) is 13.2. The van der Waals surface area contributed by atoms with Crippen LogP contribution in [0.3, 0.4) is 0 Å². The second-order valence-electron chi connectivity index (χ2n) is 5.25. The summed E-state index contributed by atoms with van der Waals surface area (Å²) in [5.74, 6) is 0.149. The van der Waals surface area contributed by atoms with E-state index in [-0.39, 0.29) is 12.5 Å². The van der Waals surface area contributed by atoms with Crippen LogP contribution in [-0.2, 0) is 11.3 Å². The molecule has 0 saturated carbocycles. The first-order valence-corrected chi connectivity index (χ1v) is 8.33. The fourth-order valence-electron chi connectivity index (χ4n) is 2.08. The molecule has 0 spiro atoms. The summed E-state index contributed by atoms with van der Waals surface area (Å²) in [6.07, 6.45) is 0. The van der Waals surface area contributed by atoms with Gasteiger partial charge in [0.1, 0.15) is 6.54 Å². The Labute approximate surface area is 152 Å². The predicted octanol–water partition coefficient (Wildman–Crippen LogP) is 2.64. The predicted molar refractivity (Wildman–Crippen MR) is 97.7 cm³/mol. The summed E-state index contributed by atoms with van der Waals surface area (Å²) < 4.78 is 0.986. The van der Waals surface area contributed by atoms with Crippen LogP contribution in [0.25, 0.3) is 11.4 Å². The van der Waals surface area contributed by atoms with Crippen LogP contribution in [0.2, 0.25) is 0 Å². The number of halogens is 1. The van der Waals surface area contributed by atoms with Gasteiger partial charge >= 0.3 is 0 Å². The van der Waals surface area contributed by atoms with E-state index >= 15 is 0 Å². The number of hydrogen-bond donors (Lipinski definition) is 1. The summed E-state index contributed by atoms with van der Waals surface area (Å²) >= 11 is 3.38. The fourth-order valence-corrected chi connectivity index (χ4v) is 2.34. The molecule has 1 amide bonds. The van der Waals surface area contributed by atoms with Gasteiger partial charge in [-0.3, -0.25) is 4.79 Å². The summed E-state index contributed by atoms with van der Waals surface area (Å²) in [5.41, 5.74) is 4.98. The Morgan fingerprint density at radius 1 is 1.16 bits per heavy atom. The van der Waals surface area contributed by atoms with Crippen LogP contribution in [-0.4, -0.2) is 31.8 Å². The van der Waals surface area contributed by atoms with Gasteiger partial charge in [-0.05, 0) is 29.8 Å². The van der Waals surface area contributed by atoms with Crippen molar-refractivity contribution >= 4 is 27.5 Å². The molecule has 3 rings (SSSR count). The van der Waals surface area contributed by atoms with Gasteiger partial charge < -0.3 is 0 Å². The minimum absolute atomic E-state index is 0.0586. The number of aromatic nitrogens is 4. The van der Waals surface area contributed by atoms with Gasteiger partial charge in [-0.1, -0.05) is 58.4 Å². The molecule has 0 aliphatic heterocycles. The van der Waals surface area contributed by atoms with Crippen LogP contribution in [0.5, 0.6) is 0 Å². The second kappa shape index (κ2) is 7.80. The second-order valence-corrected chi connectivity index (χ2v) is 6.16. The molecule has 0 saturated heterocycles. The molecule has 0 aliphatic carbocycles. The molecular weight excluding hydrogens is 384 g/mol. The Kier molecular flexibility index (Phi) is 5.30. The molecule has 0 atom stereocenters. The van der Waals surface area contributed by atoms with E-state index in [2.05, 4.69) is 41.9 Å². The van der Waals surface area contributed by atoms with Crippen LogP contribution >= 0.6 is 15.9 Å². The summed E-state index contributed by atoms with van der Waals surface area (Å²) in [7, 11) is 0. The molecule has 2 aromatic carbocycles. The van der Waals surface area contributed by atoms with Crippen molar-refractivity contribution in [1.29, 1.82) is 0 Å². The number of hydrogen-bond acceptors (Lipinski definition) is 5. The molecule has 0 fully saturated rings. The molecule has 8 heteroatoms. The number of amides is 1. The van der Waals surface area contributed by atoms with Crippen molar-refractivity contribution < 1.29 is 4.79 Å². The fraction of sp³-hybridized carbons (Fsp3) is 0.118. The van der Waals surface area contributed by atoms with Crippen LogP contribution in [0.4, 0.5) is 0 Å². The molecule has 3 aromatic rings. The molecule has 126 valence electrons. The SMILES string of the molecule is CC(=NNC(=O)Cn1nnc(-c2ccccc2)n1)c1ccc(Br)cc1. The van der Waals surface area contributed by atoms with E-state index in [1.165, 1.54) is 4.80 Å². The highest BCUT2D eigenvalue weighted by Gasteiger charge is 2.08. The van der Waals surface area contributed by atoms with Crippen molar-refractivity contribution in [3.63, 3.8) is 0 Å². The van der Waals surface area contributed by atoms with E-state index in [0.29, 0.717) is 11.5 Å². The molecule has 0 aliphatic rings. The topological polar surface area (TPSA) is 85.1 Å². The van der Waals surface area contributed by atoms with E-state index in [9.17, 15) is 4.79 Å². The number of carbonyl (C=O) groups excluding carboxylic acids is 1. The average Bonchev–Trinajstić information content (AvgIpc) is 3.09. The average molecular weight is 399 g/mol. The third kappa shape index (κ3) is 4.57. The zero-order valence-electron chi connectivity index (χ0n) is 13.4. The van der Waals surface area contributed by atoms with Crippen molar-refractivity contribution in [2.45, 2.75) is 13.5 Å². The van der Waals surface area contributed by atoms with Crippen molar-refractivity contribution in [3.8, 4) is 11.4 Å². The Hall–Kier alpha value is -2.87. The highest BCUT2D eigenvalue weighted by molar-refractivity contribution is 9.10. The van der Waals surface area contributed by atoms with Gasteiger partial charge in [0.15, 0.2) is 0 Å². The normalized spacial score (nSPS) is 11.4. The monoisotopic (exact) mass is 398 g/mol. The van der Waals surface area contributed by atoms with E-state index in [1.807, 2.05) is 61.5 Å². The third-order valence-corrected chi connectivity index (χ3v) is 3.91. The van der Waals surface area contributed by atoms with Crippen LogP contribution < -0.4 is 5.43 Å². The molecule has 1 N–H and O–H groups in total. The number of nitrogens with one attached hydrogen (secondary N) is 1. The first-order chi connectivity index (χ1) is 12.1. The molecular formula is C17H15BrN6O. The number of hydrazone groups is 1. The van der Waals surface area contributed by atoms with Gasteiger partial charge in [0.05, 0.1) is 5.71 Å². The molecule has 0 radical (unpaired) electrons. The minimum atomic E-state index is -0.325. The summed E-state index contributed by atoms with van der Waals surface area (Å²) in [6.45, 7) is 1.77. The summed E-state index contributed by atoms with van der Waals surface area (Å²) in [6, 6.07) is 17.1. The van der Waals surface area contributed by atoms with Gasteiger partial charge in [-0.25, -0.2) is 5.43 Å². The van der Waals surface area contributed by atoms with Crippen LogP contribution in [0, 0.1) is 0 Å². The maximum Gasteiger partial charge on any atom is 0.263 e. The molecule has 25 heavy (non-hydrogen) atoms. The molecule has 1 heterocycles. The minimum Gasteiger partial charge on any atom is -0.271 e. The first kappa shape index (κ1) is 17.0. The lowest BCUT2D eigenvalue weighted by Crippen LogP contribution is -2.25. The van der Waals surface area contributed by atoms with Gasteiger partial charge in [-0.15, -0.1) is 10.2 Å². The Bertz CT molecular complexity index is 889. The number of nitrogens with zero attached hydrogens (tertiary/aromatic N) is 5. The van der Waals surface area contributed by atoms with Gasteiger partial charge in [-0.2, -0.15) is 9.90 Å². The van der Waals surface area contributed by atoms with E-state index in [4.69, 9.17) is 0 Å². The highest BCUT2D eigenvalue weighted by Crippen LogP contribution is 2.12. The Morgan fingerprint density at radius 2 is 1.88 bits per heavy atom. The molecule has 1 aromatic heterocycles. The Balaban J connectivity index is 1.60. The van der Waals surface area contributed by atoms with E-state index in [1.54, 1.807) is 0 Å². The van der Waals surface area contributed by atoms with Gasteiger partial charge in [0, 0.05) is 10.0 Å². The third-order valence-electron chi connectivity index (χ3n) is 3.38. The van der Waals surface area contributed by atoms with Gasteiger partial charge in [0.2, 0.25) is 5.82 Å². The highest BCUT2D eigenvalue weighted by atomic mass is 79.9. The zero-order chi connectivity index (χ0) is 17.6. The van der Waals surface area contributed by atoms with Crippen molar-refractivity contribution in [1.82, 2.24) is 25.6 Å². The van der Waals surface area contributed by atoms with Crippen LogP contribution in [0.1, 0.15) is 12.5 Å². The van der Waals surface area contributed by atoms with Crippen molar-refractivity contribution in [2.75, 3.05) is 0 Å². The lowest BCUT2D eigenvalue weighted by Gasteiger charge is -2.02. The van der Waals surface area contributed by atoms with Gasteiger partial charge in [0.25, 0.3) is 5.91 Å². The number of benzene rings is 2. The van der Waals surface area contributed by atoms with E-state index < -0.39 is 0 Å². The molecule has 0 bridgehead atoms. The molecule has 7 nitrogen and oxygen atoms in total. The summed E-state index contributed by atoms with van der Waals surface area (Å²) in [5, 5.41) is 16.1. The molecule has 0 unspecified atom stereocenters. The standard InChI is InChI=1S/C17H15BrN6O/c1-12(13-7-9-15(18)10-8-13)19-20-16(25)11-24-22-17(21-23-24)14-5-3-2-4-6-14/h2-10H,11H2,1H3,(H,20,25). The van der Waals surface area contributed by atoms with Crippen molar-refractivity contribution in [3.05, 3.63) is 64.6 Å². The maximum atomic E-state index is 12.0. The largest absolute Gasteiger partial charge is 0.271 e. The van der Waals surface area contributed by atoms with Crippen molar-refractivity contribution in [2.24, 2.45) is 5.10 Å². The zero-order valence-corrected chi connectivity index (χ0v) is 15.0. The number of carbonyl (C=O) groups is 1. The number of rotatable bonds is 5. The maximum absolute atomic E-state index is 12.0. The Morgan fingerprint density at radius 3 is 2.60 bits per heavy atom. The lowest BCUT2D eigenvalue weighted by molar-refractivity contribution is -0.122. The first-order valence-electron chi connectivity index (χ1n) is 7.54. The smallest absolute Gasteiger partial charge is 0.263 e. The quantitative estimate of drug-likeness (QED) is 0.528. The lowest BCUT2D eigenvalue weighted by atomic mass is 10.1. The number of tetrazole rings is 1. The van der Waals surface area contributed by atoms with E-state index in [0.717, 1.165) is 15.6 Å². The van der Waals surface area contributed by atoms with Crippen LogP contribution in [0.15, 0.2) is 64.2 Å².